The van der Waals surface area contributed by atoms with Crippen molar-refractivity contribution in [2.45, 2.75) is 39.5 Å². The predicted octanol–water partition coefficient (Wildman–Crippen LogP) is 3.40. The number of amides is 1. The van der Waals surface area contributed by atoms with Gasteiger partial charge in [-0.1, -0.05) is 38.5 Å². The highest BCUT2D eigenvalue weighted by atomic mass is 16.2. The number of unbranched alkanes of at least 4 members (excludes halogenated alkanes) is 1. The standard InChI is InChI=1S/C15H21NO/c1-3-4-11-16-14-8-6-5-7-13(14)10-9-12(2)15(16)17/h5-8,12H,3-4,9-11H2,1-2H3. The highest BCUT2D eigenvalue weighted by Crippen LogP contribution is 2.29. The Balaban J connectivity index is 2.33. The van der Waals surface area contributed by atoms with Crippen LogP contribution < -0.4 is 4.90 Å². The number of hydrogen-bond acceptors (Lipinski definition) is 1. The van der Waals surface area contributed by atoms with Crippen molar-refractivity contribution in [3.63, 3.8) is 0 Å². The zero-order chi connectivity index (χ0) is 12.3. The summed E-state index contributed by atoms with van der Waals surface area (Å²) in [6, 6.07) is 8.33. The number of fused-ring (bicyclic) bond motifs is 1. The van der Waals surface area contributed by atoms with Crippen LogP contribution in [-0.2, 0) is 11.2 Å². The summed E-state index contributed by atoms with van der Waals surface area (Å²) in [5, 5.41) is 0. The van der Waals surface area contributed by atoms with E-state index in [0.717, 1.165) is 37.9 Å². The number of para-hydroxylation sites is 1. The molecule has 0 saturated carbocycles. The SMILES string of the molecule is CCCCN1C(=O)C(C)CCc2ccccc21. The average molecular weight is 231 g/mol. The third-order valence-electron chi connectivity index (χ3n) is 3.55. The van der Waals surface area contributed by atoms with Gasteiger partial charge in [-0.15, -0.1) is 0 Å². The molecule has 2 rings (SSSR count). The lowest BCUT2D eigenvalue weighted by molar-refractivity contribution is -0.121. The molecule has 1 aliphatic heterocycles. The fraction of sp³-hybridized carbons (Fsp3) is 0.533. The Kier molecular flexibility index (Phi) is 3.82. The van der Waals surface area contributed by atoms with Gasteiger partial charge in [0.2, 0.25) is 5.91 Å². The van der Waals surface area contributed by atoms with E-state index in [1.807, 2.05) is 17.9 Å². The Labute approximate surface area is 104 Å². The summed E-state index contributed by atoms with van der Waals surface area (Å²) >= 11 is 0. The van der Waals surface area contributed by atoms with E-state index in [9.17, 15) is 4.79 Å². The Morgan fingerprint density at radius 2 is 2.12 bits per heavy atom. The molecule has 0 spiro atoms. The van der Waals surface area contributed by atoms with Crippen LogP contribution in [0.1, 0.15) is 38.7 Å². The number of benzene rings is 1. The second-order valence-electron chi connectivity index (χ2n) is 4.91. The summed E-state index contributed by atoms with van der Waals surface area (Å²) in [6.45, 7) is 5.07. The smallest absolute Gasteiger partial charge is 0.229 e. The number of anilines is 1. The molecule has 0 bridgehead atoms. The quantitative estimate of drug-likeness (QED) is 0.780. The van der Waals surface area contributed by atoms with E-state index in [1.54, 1.807) is 0 Å². The van der Waals surface area contributed by atoms with Crippen LogP contribution in [0.5, 0.6) is 0 Å². The molecule has 0 fully saturated rings. The maximum Gasteiger partial charge on any atom is 0.229 e. The van der Waals surface area contributed by atoms with Crippen molar-refractivity contribution < 1.29 is 4.79 Å². The molecule has 0 N–H and O–H groups in total. The number of hydrogen-bond donors (Lipinski definition) is 0. The van der Waals surface area contributed by atoms with E-state index >= 15 is 0 Å². The molecule has 1 unspecified atom stereocenters. The fourth-order valence-electron chi connectivity index (χ4n) is 2.41. The number of rotatable bonds is 3. The number of carbonyl (C=O) groups is 1. The maximum absolute atomic E-state index is 12.3. The summed E-state index contributed by atoms with van der Waals surface area (Å²) in [7, 11) is 0. The van der Waals surface area contributed by atoms with Crippen molar-refractivity contribution in [1.29, 1.82) is 0 Å². The van der Waals surface area contributed by atoms with Gasteiger partial charge in [-0.3, -0.25) is 4.79 Å². The van der Waals surface area contributed by atoms with Gasteiger partial charge in [-0.2, -0.15) is 0 Å². The Hall–Kier alpha value is -1.31. The van der Waals surface area contributed by atoms with Crippen LogP contribution >= 0.6 is 0 Å². The van der Waals surface area contributed by atoms with Gasteiger partial charge in [-0.25, -0.2) is 0 Å². The van der Waals surface area contributed by atoms with Gasteiger partial charge in [0.1, 0.15) is 0 Å². The van der Waals surface area contributed by atoms with Gasteiger partial charge in [0.15, 0.2) is 0 Å². The molecule has 1 aromatic carbocycles. The number of aryl methyl sites for hydroxylation is 1. The Morgan fingerprint density at radius 3 is 2.88 bits per heavy atom. The summed E-state index contributed by atoms with van der Waals surface area (Å²) in [6.07, 6.45) is 4.19. The van der Waals surface area contributed by atoms with E-state index in [-0.39, 0.29) is 5.92 Å². The van der Waals surface area contributed by atoms with E-state index in [0.29, 0.717) is 5.91 Å². The summed E-state index contributed by atoms with van der Waals surface area (Å²) in [4.78, 5) is 14.3. The molecule has 2 nitrogen and oxygen atoms in total. The van der Waals surface area contributed by atoms with E-state index in [4.69, 9.17) is 0 Å². The third-order valence-corrected chi connectivity index (χ3v) is 3.55. The predicted molar refractivity (Wildman–Crippen MR) is 71.2 cm³/mol. The second-order valence-corrected chi connectivity index (χ2v) is 4.91. The van der Waals surface area contributed by atoms with Gasteiger partial charge in [0.25, 0.3) is 0 Å². The van der Waals surface area contributed by atoms with Gasteiger partial charge >= 0.3 is 0 Å². The molecular weight excluding hydrogens is 210 g/mol. The zero-order valence-corrected chi connectivity index (χ0v) is 10.8. The molecular formula is C15H21NO. The van der Waals surface area contributed by atoms with E-state index < -0.39 is 0 Å². The van der Waals surface area contributed by atoms with Gasteiger partial charge in [0.05, 0.1) is 0 Å². The largest absolute Gasteiger partial charge is 0.312 e. The first kappa shape index (κ1) is 12.2. The molecule has 17 heavy (non-hydrogen) atoms. The van der Waals surface area contributed by atoms with E-state index in [1.165, 1.54) is 5.56 Å². The van der Waals surface area contributed by atoms with E-state index in [2.05, 4.69) is 25.1 Å². The van der Waals surface area contributed by atoms with Crippen molar-refractivity contribution in [1.82, 2.24) is 0 Å². The lowest BCUT2D eigenvalue weighted by Gasteiger charge is -2.24. The molecule has 1 amide bonds. The monoisotopic (exact) mass is 231 g/mol. The van der Waals surface area contributed by atoms with Crippen molar-refractivity contribution in [2.75, 3.05) is 11.4 Å². The maximum atomic E-state index is 12.3. The Morgan fingerprint density at radius 1 is 1.35 bits per heavy atom. The number of nitrogens with zero attached hydrogens (tertiary/aromatic N) is 1. The van der Waals surface area contributed by atoms with Crippen LogP contribution in [0.15, 0.2) is 24.3 Å². The fourth-order valence-corrected chi connectivity index (χ4v) is 2.41. The molecule has 0 saturated heterocycles. The lowest BCUT2D eigenvalue weighted by atomic mass is 10.0. The van der Waals surface area contributed by atoms with Gasteiger partial charge in [-0.05, 0) is 30.9 Å². The molecule has 1 aromatic rings. The van der Waals surface area contributed by atoms with Crippen LogP contribution in [0.25, 0.3) is 0 Å². The average Bonchev–Trinajstić information content (AvgIpc) is 2.47. The highest BCUT2D eigenvalue weighted by molar-refractivity contribution is 5.96. The van der Waals surface area contributed by atoms with Crippen molar-refractivity contribution in [3.8, 4) is 0 Å². The molecule has 0 radical (unpaired) electrons. The van der Waals surface area contributed by atoms with Crippen LogP contribution in [0.4, 0.5) is 5.69 Å². The summed E-state index contributed by atoms with van der Waals surface area (Å²) in [5.74, 6) is 0.447. The minimum atomic E-state index is 0.152. The lowest BCUT2D eigenvalue weighted by Crippen LogP contribution is -2.35. The Bertz CT molecular complexity index is 400. The van der Waals surface area contributed by atoms with Gasteiger partial charge < -0.3 is 4.90 Å². The third kappa shape index (κ3) is 2.51. The summed E-state index contributed by atoms with van der Waals surface area (Å²) < 4.78 is 0. The molecule has 0 aliphatic carbocycles. The van der Waals surface area contributed by atoms with Crippen LogP contribution in [0.2, 0.25) is 0 Å². The number of carbonyl (C=O) groups excluding carboxylic acids is 1. The first-order valence-corrected chi connectivity index (χ1v) is 6.63. The minimum Gasteiger partial charge on any atom is -0.312 e. The molecule has 92 valence electrons. The molecule has 1 heterocycles. The topological polar surface area (TPSA) is 20.3 Å². The first-order chi connectivity index (χ1) is 8.24. The minimum absolute atomic E-state index is 0.152. The van der Waals surface area contributed by atoms with Crippen molar-refractivity contribution in [3.05, 3.63) is 29.8 Å². The zero-order valence-electron chi connectivity index (χ0n) is 10.8. The van der Waals surface area contributed by atoms with Crippen LogP contribution in [-0.4, -0.2) is 12.5 Å². The van der Waals surface area contributed by atoms with Gasteiger partial charge in [0, 0.05) is 18.2 Å². The summed E-state index contributed by atoms with van der Waals surface area (Å²) in [5.41, 5.74) is 2.46. The molecule has 2 heteroatoms. The highest BCUT2D eigenvalue weighted by Gasteiger charge is 2.26. The second kappa shape index (κ2) is 5.35. The molecule has 1 aliphatic rings. The normalized spacial score (nSPS) is 20.0. The van der Waals surface area contributed by atoms with Crippen LogP contribution in [0.3, 0.4) is 0 Å². The first-order valence-electron chi connectivity index (χ1n) is 6.63. The van der Waals surface area contributed by atoms with Crippen LogP contribution in [0, 0.1) is 5.92 Å². The molecule has 1 atom stereocenters. The molecule has 0 aromatic heterocycles. The van der Waals surface area contributed by atoms with Crippen molar-refractivity contribution >= 4 is 11.6 Å². The van der Waals surface area contributed by atoms with Crippen molar-refractivity contribution in [2.24, 2.45) is 5.92 Å².